The Bertz CT molecular complexity index is 623. The Kier molecular flexibility index (Phi) is 3.62. The molecule has 1 aliphatic heterocycles. The van der Waals surface area contributed by atoms with Crippen LogP contribution >= 0.6 is 11.3 Å². The fraction of sp³-hybridized carbons (Fsp3) is 0.308. The molecule has 0 spiro atoms. The second-order valence-electron chi connectivity index (χ2n) is 4.42. The topological polar surface area (TPSA) is 68.5 Å². The van der Waals surface area contributed by atoms with Gasteiger partial charge in [-0.3, -0.25) is 10.1 Å². The number of rotatable bonds is 3. The van der Waals surface area contributed by atoms with Crippen molar-refractivity contribution in [3.63, 3.8) is 0 Å². The zero-order valence-corrected chi connectivity index (χ0v) is 11.5. The van der Waals surface area contributed by atoms with E-state index in [1.54, 1.807) is 23.5 Å². The van der Waals surface area contributed by atoms with Gasteiger partial charge in [-0.05, 0) is 0 Å². The van der Waals surface area contributed by atoms with Crippen LogP contribution in [0.4, 0.5) is 10.8 Å². The summed E-state index contributed by atoms with van der Waals surface area (Å²) in [5.74, 6) is 0. The maximum Gasteiger partial charge on any atom is 0.270 e. The van der Waals surface area contributed by atoms with Crippen molar-refractivity contribution in [1.29, 1.82) is 0 Å². The first kappa shape index (κ1) is 13.0. The molecule has 3 rings (SSSR count). The van der Waals surface area contributed by atoms with E-state index in [2.05, 4.69) is 9.88 Å². The molecule has 1 aromatic carbocycles. The lowest BCUT2D eigenvalue weighted by Crippen LogP contribution is -2.36. The highest BCUT2D eigenvalue weighted by atomic mass is 32.1. The largest absolute Gasteiger partial charge is 0.378 e. The zero-order chi connectivity index (χ0) is 13.9. The van der Waals surface area contributed by atoms with Gasteiger partial charge in [0, 0.05) is 36.2 Å². The van der Waals surface area contributed by atoms with Crippen LogP contribution in [0.25, 0.3) is 11.3 Å². The summed E-state index contributed by atoms with van der Waals surface area (Å²) in [4.78, 5) is 17.2. The summed E-state index contributed by atoms with van der Waals surface area (Å²) in [6, 6.07) is 6.56. The van der Waals surface area contributed by atoms with Gasteiger partial charge in [-0.25, -0.2) is 4.98 Å². The molecule has 1 saturated heterocycles. The van der Waals surface area contributed by atoms with Crippen LogP contribution in [0.5, 0.6) is 0 Å². The summed E-state index contributed by atoms with van der Waals surface area (Å²) in [5.41, 5.74) is 1.64. The second-order valence-corrected chi connectivity index (χ2v) is 5.26. The van der Waals surface area contributed by atoms with Crippen molar-refractivity contribution in [2.75, 3.05) is 31.2 Å². The monoisotopic (exact) mass is 291 g/mol. The van der Waals surface area contributed by atoms with Crippen LogP contribution in [-0.4, -0.2) is 36.2 Å². The SMILES string of the molecule is O=[N+]([O-])c1cccc(-c2csc(N3CCOCC3)n2)c1. The third kappa shape index (κ3) is 2.63. The normalized spacial score (nSPS) is 15.3. The molecule has 1 fully saturated rings. The van der Waals surface area contributed by atoms with Crippen molar-refractivity contribution in [3.8, 4) is 11.3 Å². The van der Waals surface area contributed by atoms with Gasteiger partial charge in [-0.2, -0.15) is 0 Å². The molecule has 1 aromatic heterocycles. The third-order valence-corrected chi connectivity index (χ3v) is 4.03. The number of nitrogens with zero attached hydrogens (tertiary/aromatic N) is 3. The van der Waals surface area contributed by atoms with Gasteiger partial charge < -0.3 is 9.64 Å². The highest BCUT2D eigenvalue weighted by molar-refractivity contribution is 7.14. The van der Waals surface area contributed by atoms with E-state index in [4.69, 9.17) is 4.74 Å². The molecule has 104 valence electrons. The van der Waals surface area contributed by atoms with Crippen LogP contribution in [0.2, 0.25) is 0 Å². The molecular formula is C13H13N3O3S. The van der Waals surface area contributed by atoms with E-state index in [0.29, 0.717) is 13.2 Å². The highest BCUT2D eigenvalue weighted by Crippen LogP contribution is 2.29. The van der Waals surface area contributed by atoms with E-state index in [-0.39, 0.29) is 5.69 Å². The lowest BCUT2D eigenvalue weighted by atomic mass is 10.1. The third-order valence-electron chi connectivity index (χ3n) is 3.13. The number of hydrogen-bond acceptors (Lipinski definition) is 6. The van der Waals surface area contributed by atoms with Crippen LogP contribution in [0.15, 0.2) is 29.6 Å². The number of morpholine rings is 1. The first-order valence-electron chi connectivity index (χ1n) is 6.27. The van der Waals surface area contributed by atoms with Gasteiger partial charge >= 0.3 is 0 Å². The molecule has 0 N–H and O–H groups in total. The predicted octanol–water partition coefficient (Wildman–Crippen LogP) is 2.55. The second kappa shape index (κ2) is 5.56. The molecule has 0 aliphatic carbocycles. The Morgan fingerprint density at radius 2 is 2.15 bits per heavy atom. The van der Waals surface area contributed by atoms with Crippen molar-refractivity contribution in [1.82, 2.24) is 4.98 Å². The number of ether oxygens (including phenoxy) is 1. The Morgan fingerprint density at radius 3 is 2.90 bits per heavy atom. The van der Waals surface area contributed by atoms with Gasteiger partial charge in [-0.1, -0.05) is 12.1 Å². The van der Waals surface area contributed by atoms with Gasteiger partial charge in [0.1, 0.15) is 0 Å². The molecule has 0 saturated carbocycles. The number of anilines is 1. The average Bonchev–Trinajstić information content (AvgIpc) is 2.98. The minimum Gasteiger partial charge on any atom is -0.378 e. The van der Waals surface area contributed by atoms with Gasteiger partial charge in [0.2, 0.25) is 0 Å². The van der Waals surface area contributed by atoms with Crippen molar-refractivity contribution >= 4 is 22.2 Å². The van der Waals surface area contributed by atoms with E-state index in [9.17, 15) is 10.1 Å². The lowest BCUT2D eigenvalue weighted by molar-refractivity contribution is -0.384. The molecular weight excluding hydrogens is 278 g/mol. The summed E-state index contributed by atoms with van der Waals surface area (Å²) in [6.07, 6.45) is 0. The maximum atomic E-state index is 10.8. The lowest BCUT2D eigenvalue weighted by Gasteiger charge is -2.26. The van der Waals surface area contributed by atoms with Gasteiger partial charge in [-0.15, -0.1) is 11.3 Å². The molecule has 0 amide bonds. The maximum absolute atomic E-state index is 10.8. The molecule has 7 heteroatoms. The summed E-state index contributed by atoms with van der Waals surface area (Å²) < 4.78 is 5.31. The minimum absolute atomic E-state index is 0.0865. The number of non-ortho nitro benzene ring substituents is 1. The van der Waals surface area contributed by atoms with Crippen LogP contribution < -0.4 is 4.90 Å². The van der Waals surface area contributed by atoms with Crippen LogP contribution in [0.3, 0.4) is 0 Å². The summed E-state index contributed by atoms with van der Waals surface area (Å²) in [5, 5.41) is 13.7. The summed E-state index contributed by atoms with van der Waals surface area (Å²) >= 11 is 1.55. The molecule has 2 aromatic rings. The standard InChI is InChI=1S/C13H13N3O3S/c17-16(18)11-3-1-2-10(8-11)12-9-20-13(14-12)15-4-6-19-7-5-15/h1-3,8-9H,4-7H2. The zero-order valence-electron chi connectivity index (χ0n) is 10.7. The van der Waals surface area contributed by atoms with E-state index in [1.807, 2.05) is 11.4 Å². The van der Waals surface area contributed by atoms with Crippen molar-refractivity contribution in [2.45, 2.75) is 0 Å². The number of hydrogen-bond donors (Lipinski definition) is 0. The molecule has 0 bridgehead atoms. The Balaban J connectivity index is 1.85. The predicted molar refractivity (Wildman–Crippen MR) is 77.2 cm³/mol. The number of benzene rings is 1. The smallest absolute Gasteiger partial charge is 0.270 e. The summed E-state index contributed by atoms with van der Waals surface area (Å²) in [7, 11) is 0. The Morgan fingerprint density at radius 1 is 1.35 bits per heavy atom. The van der Waals surface area contributed by atoms with E-state index in [1.165, 1.54) is 6.07 Å². The Labute approximate surface area is 119 Å². The molecule has 0 atom stereocenters. The van der Waals surface area contributed by atoms with Gasteiger partial charge in [0.05, 0.1) is 23.8 Å². The number of nitro groups is 1. The number of nitro benzene ring substituents is 1. The van der Waals surface area contributed by atoms with Gasteiger partial charge in [0.25, 0.3) is 5.69 Å². The van der Waals surface area contributed by atoms with Gasteiger partial charge in [0.15, 0.2) is 5.13 Å². The molecule has 0 radical (unpaired) electrons. The van der Waals surface area contributed by atoms with Crippen LogP contribution in [-0.2, 0) is 4.74 Å². The van der Waals surface area contributed by atoms with Crippen molar-refractivity contribution in [3.05, 3.63) is 39.8 Å². The van der Waals surface area contributed by atoms with E-state index < -0.39 is 4.92 Å². The van der Waals surface area contributed by atoms with Crippen molar-refractivity contribution in [2.24, 2.45) is 0 Å². The first-order valence-corrected chi connectivity index (χ1v) is 7.15. The highest BCUT2D eigenvalue weighted by Gasteiger charge is 2.16. The quantitative estimate of drug-likeness (QED) is 0.642. The molecule has 6 nitrogen and oxygen atoms in total. The fourth-order valence-corrected chi connectivity index (χ4v) is 2.96. The van der Waals surface area contributed by atoms with Crippen molar-refractivity contribution < 1.29 is 9.66 Å². The average molecular weight is 291 g/mol. The van der Waals surface area contributed by atoms with Crippen LogP contribution in [0.1, 0.15) is 0 Å². The molecule has 20 heavy (non-hydrogen) atoms. The van der Waals surface area contributed by atoms with E-state index >= 15 is 0 Å². The van der Waals surface area contributed by atoms with Crippen LogP contribution in [0, 0.1) is 10.1 Å². The Hall–Kier alpha value is -1.99. The number of aromatic nitrogens is 1. The van der Waals surface area contributed by atoms with E-state index in [0.717, 1.165) is 29.5 Å². The first-order chi connectivity index (χ1) is 9.74. The molecule has 0 unspecified atom stereocenters. The molecule has 1 aliphatic rings. The fourth-order valence-electron chi connectivity index (χ4n) is 2.08. The summed E-state index contributed by atoms with van der Waals surface area (Å²) in [6.45, 7) is 3.10. The minimum atomic E-state index is -0.390. The number of thiazole rings is 1. The molecule has 2 heterocycles.